The number of hydrogen-bond acceptors (Lipinski definition) is 7. The van der Waals surface area contributed by atoms with Gasteiger partial charge in [-0.2, -0.15) is 0 Å². The zero-order valence-corrected chi connectivity index (χ0v) is 14.9. The number of halogens is 1. The van der Waals surface area contributed by atoms with Crippen LogP contribution in [0.15, 0.2) is 54.1 Å². The molecule has 4 rings (SSSR count). The van der Waals surface area contributed by atoms with Gasteiger partial charge in [-0.3, -0.25) is 4.40 Å². The molecule has 2 N–H and O–H groups in total. The first kappa shape index (κ1) is 17.0. The highest BCUT2D eigenvalue weighted by molar-refractivity contribution is 7.90. The number of fused-ring (bicyclic) bond motifs is 1. The first-order valence-corrected chi connectivity index (χ1v) is 9.65. The van der Waals surface area contributed by atoms with E-state index in [-0.39, 0.29) is 16.8 Å². The van der Waals surface area contributed by atoms with Crippen molar-refractivity contribution in [2.45, 2.75) is 5.16 Å². The maximum Gasteiger partial charge on any atom is 0.247 e. The highest BCUT2D eigenvalue weighted by Gasteiger charge is 2.21. The Morgan fingerprint density at radius 3 is 2.48 bits per heavy atom. The normalized spacial score (nSPS) is 11.8. The summed E-state index contributed by atoms with van der Waals surface area (Å²) in [7, 11) is -3.60. The number of nitrogen functional groups attached to an aromatic ring is 1. The SMILES string of the molecule is CS(=O)(=O)c1nccc(-c2c(-c3ccc(F)cc3)nc3c(N)nccn23)n1. The van der Waals surface area contributed by atoms with Crippen LogP contribution in [0.5, 0.6) is 0 Å². The van der Waals surface area contributed by atoms with Crippen molar-refractivity contribution >= 4 is 21.3 Å². The summed E-state index contributed by atoms with van der Waals surface area (Å²) in [5.74, 6) is -0.184. The van der Waals surface area contributed by atoms with Gasteiger partial charge >= 0.3 is 0 Å². The second-order valence-corrected chi connectivity index (χ2v) is 7.73. The molecule has 0 unspecified atom stereocenters. The van der Waals surface area contributed by atoms with Crippen LogP contribution in [-0.2, 0) is 9.84 Å². The summed E-state index contributed by atoms with van der Waals surface area (Å²) in [6, 6.07) is 7.34. The molecule has 0 aliphatic heterocycles. The molecular formula is C17H13FN6O2S. The Balaban J connectivity index is 2.06. The Labute approximate surface area is 153 Å². The molecule has 10 heteroatoms. The summed E-state index contributed by atoms with van der Waals surface area (Å²) in [4.78, 5) is 16.5. The highest BCUT2D eigenvalue weighted by atomic mass is 32.2. The van der Waals surface area contributed by atoms with Crippen molar-refractivity contribution in [3.05, 3.63) is 54.7 Å². The molecule has 0 amide bonds. The molecule has 0 bridgehead atoms. The summed E-state index contributed by atoms with van der Waals surface area (Å²) in [5, 5.41) is -0.304. The first-order valence-electron chi connectivity index (χ1n) is 7.76. The molecule has 4 aromatic rings. The van der Waals surface area contributed by atoms with Gasteiger partial charge in [0.25, 0.3) is 0 Å². The Morgan fingerprint density at radius 1 is 1.04 bits per heavy atom. The summed E-state index contributed by atoms with van der Waals surface area (Å²) >= 11 is 0. The fourth-order valence-corrected chi connectivity index (χ4v) is 3.22. The van der Waals surface area contributed by atoms with Gasteiger partial charge in [0.1, 0.15) is 5.82 Å². The van der Waals surface area contributed by atoms with E-state index >= 15 is 0 Å². The fraction of sp³-hybridized carbons (Fsp3) is 0.0588. The van der Waals surface area contributed by atoms with Gasteiger partial charge in [-0.1, -0.05) is 0 Å². The lowest BCUT2D eigenvalue weighted by Gasteiger charge is -2.06. The van der Waals surface area contributed by atoms with E-state index in [0.29, 0.717) is 28.3 Å². The number of sulfone groups is 1. The van der Waals surface area contributed by atoms with Gasteiger partial charge in [-0.25, -0.2) is 32.7 Å². The Bertz CT molecular complexity index is 1270. The van der Waals surface area contributed by atoms with Crippen LogP contribution in [0.25, 0.3) is 28.3 Å². The van der Waals surface area contributed by atoms with Crippen LogP contribution in [-0.4, -0.2) is 39.0 Å². The van der Waals surface area contributed by atoms with E-state index in [1.165, 1.54) is 24.5 Å². The molecule has 0 fully saturated rings. The maximum atomic E-state index is 13.3. The molecule has 0 aliphatic rings. The fourth-order valence-electron chi connectivity index (χ4n) is 2.70. The van der Waals surface area contributed by atoms with Gasteiger partial charge < -0.3 is 5.73 Å². The quantitative estimate of drug-likeness (QED) is 0.537. The van der Waals surface area contributed by atoms with Crippen molar-refractivity contribution in [3.63, 3.8) is 0 Å². The third kappa shape index (κ3) is 2.99. The lowest BCUT2D eigenvalue weighted by atomic mass is 10.1. The highest BCUT2D eigenvalue weighted by Crippen LogP contribution is 2.33. The van der Waals surface area contributed by atoms with E-state index in [9.17, 15) is 12.8 Å². The van der Waals surface area contributed by atoms with Crippen LogP contribution in [0.4, 0.5) is 10.2 Å². The van der Waals surface area contributed by atoms with Crippen molar-refractivity contribution in [3.8, 4) is 22.6 Å². The van der Waals surface area contributed by atoms with Gasteiger partial charge in [-0.15, -0.1) is 0 Å². The van der Waals surface area contributed by atoms with E-state index in [0.717, 1.165) is 6.26 Å². The van der Waals surface area contributed by atoms with Crippen LogP contribution < -0.4 is 5.73 Å². The van der Waals surface area contributed by atoms with E-state index in [2.05, 4.69) is 19.9 Å². The van der Waals surface area contributed by atoms with Crippen LogP contribution >= 0.6 is 0 Å². The van der Waals surface area contributed by atoms with Crippen molar-refractivity contribution in [2.24, 2.45) is 0 Å². The minimum Gasteiger partial charge on any atom is -0.381 e. The minimum atomic E-state index is -3.60. The van der Waals surface area contributed by atoms with Crippen molar-refractivity contribution in [2.75, 3.05) is 12.0 Å². The summed E-state index contributed by atoms with van der Waals surface area (Å²) in [6.45, 7) is 0. The number of anilines is 1. The molecule has 1 aromatic carbocycles. The van der Waals surface area contributed by atoms with Gasteiger partial charge in [0.15, 0.2) is 11.5 Å². The van der Waals surface area contributed by atoms with Gasteiger partial charge in [0.2, 0.25) is 15.0 Å². The number of imidazole rings is 1. The van der Waals surface area contributed by atoms with E-state index in [4.69, 9.17) is 5.73 Å². The molecule has 0 atom stereocenters. The molecule has 0 radical (unpaired) electrons. The van der Waals surface area contributed by atoms with Crippen LogP contribution in [0.1, 0.15) is 0 Å². The smallest absolute Gasteiger partial charge is 0.247 e. The molecule has 136 valence electrons. The van der Waals surface area contributed by atoms with Crippen molar-refractivity contribution in [1.29, 1.82) is 0 Å². The monoisotopic (exact) mass is 384 g/mol. The standard InChI is InChI=1S/C17H13FN6O2S/c1-27(25,26)17-21-7-6-12(22-17)14-13(10-2-4-11(18)5-3-10)23-16-15(19)20-8-9-24(14)16/h2-9H,1H3,(H2,19,20). The molecule has 0 saturated carbocycles. The average molecular weight is 384 g/mol. The zero-order chi connectivity index (χ0) is 19.2. The molecule has 0 saturated heterocycles. The number of hydrogen-bond donors (Lipinski definition) is 1. The topological polar surface area (TPSA) is 116 Å². The van der Waals surface area contributed by atoms with Crippen molar-refractivity contribution in [1.82, 2.24) is 24.3 Å². The van der Waals surface area contributed by atoms with Crippen LogP contribution in [0.3, 0.4) is 0 Å². The second kappa shape index (κ2) is 6.09. The van der Waals surface area contributed by atoms with Crippen LogP contribution in [0, 0.1) is 5.82 Å². The Hall–Kier alpha value is -3.40. The molecule has 0 aliphatic carbocycles. The van der Waals surface area contributed by atoms with E-state index in [1.807, 2.05) is 0 Å². The predicted molar refractivity (Wildman–Crippen MR) is 96.9 cm³/mol. The minimum absolute atomic E-state index is 0.199. The molecular weight excluding hydrogens is 371 g/mol. The number of nitrogens with zero attached hydrogens (tertiary/aromatic N) is 5. The van der Waals surface area contributed by atoms with E-state index < -0.39 is 9.84 Å². The molecule has 3 aromatic heterocycles. The van der Waals surface area contributed by atoms with Crippen LogP contribution in [0.2, 0.25) is 0 Å². The summed E-state index contributed by atoms with van der Waals surface area (Å²) in [5.41, 5.74) is 8.23. The van der Waals surface area contributed by atoms with Crippen molar-refractivity contribution < 1.29 is 12.8 Å². The maximum absolute atomic E-state index is 13.3. The second-order valence-electron chi connectivity index (χ2n) is 5.82. The average Bonchev–Trinajstić information content (AvgIpc) is 3.03. The molecule has 8 nitrogen and oxygen atoms in total. The number of benzene rings is 1. The number of rotatable bonds is 3. The lowest BCUT2D eigenvalue weighted by molar-refractivity contribution is 0.593. The molecule has 0 spiro atoms. The molecule has 27 heavy (non-hydrogen) atoms. The Kier molecular flexibility index (Phi) is 3.84. The van der Waals surface area contributed by atoms with Gasteiger partial charge in [0.05, 0.1) is 17.1 Å². The van der Waals surface area contributed by atoms with Gasteiger partial charge in [0, 0.05) is 30.4 Å². The van der Waals surface area contributed by atoms with Gasteiger partial charge in [-0.05, 0) is 30.3 Å². The molecule has 3 heterocycles. The summed E-state index contributed by atoms with van der Waals surface area (Å²) in [6.07, 6.45) is 5.53. The predicted octanol–water partition coefficient (Wildman–Crippen LogP) is 1.98. The number of aromatic nitrogens is 5. The number of nitrogens with two attached hydrogens (primary N) is 1. The largest absolute Gasteiger partial charge is 0.381 e. The lowest BCUT2D eigenvalue weighted by Crippen LogP contribution is -2.05. The Morgan fingerprint density at radius 2 is 1.78 bits per heavy atom. The third-order valence-corrected chi connectivity index (χ3v) is 4.75. The zero-order valence-electron chi connectivity index (χ0n) is 14.0. The first-order chi connectivity index (χ1) is 12.8. The third-order valence-electron chi connectivity index (χ3n) is 3.89. The summed E-state index contributed by atoms with van der Waals surface area (Å²) < 4.78 is 38.7. The van der Waals surface area contributed by atoms with E-state index in [1.54, 1.807) is 28.8 Å².